The summed E-state index contributed by atoms with van der Waals surface area (Å²) in [6.07, 6.45) is -0.823. The van der Waals surface area contributed by atoms with E-state index in [1.165, 1.54) is 0 Å². The Labute approximate surface area is 110 Å². The van der Waals surface area contributed by atoms with E-state index in [9.17, 15) is 10.2 Å². The van der Waals surface area contributed by atoms with E-state index in [1.54, 1.807) is 20.3 Å². The zero-order chi connectivity index (χ0) is 10.0. The Hall–Kier alpha value is 0.944. The van der Waals surface area contributed by atoms with E-state index in [-0.39, 0.29) is 45.2 Å². The smallest absolute Gasteiger partial charge is 0.103 e. The summed E-state index contributed by atoms with van der Waals surface area (Å²) in [4.78, 5) is 0. The minimum Gasteiger partial charge on any atom is -0.402 e. The molecule has 0 aromatic carbocycles. The van der Waals surface area contributed by atoms with Crippen molar-refractivity contribution in [2.24, 2.45) is 5.92 Å². The molecule has 1 saturated heterocycles. The van der Waals surface area contributed by atoms with Crippen molar-refractivity contribution in [2.45, 2.75) is 38.3 Å². The zero-order valence-corrected chi connectivity index (χ0v) is 11.3. The van der Waals surface area contributed by atoms with Crippen molar-refractivity contribution in [1.82, 2.24) is 0 Å². The Morgan fingerprint density at radius 2 is 1.79 bits per heavy atom. The molecule has 0 bridgehead atoms. The molecule has 14 heavy (non-hydrogen) atoms. The quantitative estimate of drug-likeness (QED) is 0.556. The van der Waals surface area contributed by atoms with Gasteiger partial charge in [0.15, 0.2) is 0 Å². The molecule has 0 amide bonds. The van der Waals surface area contributed by atoms with E-state index in [4.69, 9.17) is 9.84 Å². The molecule has 1 radical (unpaired) electrons. The molecule has 1 aliphatic heterocycles. The fourth-order valence-electron chi connectivity index (χ4n) is 1.55. The average Bonchev–Trinajstić information content (AvgIpc) is 2.20. The van der Waals surface area contributed by atoms with E-state index < -0.39 is 24.4 Å². The number of aliphatic hydroxyl groups is 3. The number of hydrogen-bond acceptors (Lipinski definition) is 4. The van der Waals surface area contributed by atoms with Crippen molar-refractivity contribution in [1.29, 1.82) is 0 Å². The van der Waals surface area contributed by atoms with Crippen LogP contribution < -0.4 is 0 Å². The molecule has 4 unspecified atom stereocenters. The van der Waals surface area contributed by atoms with Crippen molar-refractivity contribution in [2.75, 3.05) is 6.61 Å². The van der Waals surface area contributed by atoms with Crippen LogP contribution in [-0.4, -0.2) is 46.3 Å². The van der Waals surface area contributed by atoms with E-state index in [0.717, 1.165) is 0 Å². The molecule has 5 heteroatoms. The first-order chi connectivity index (χ1) is 6.06. The summed E-state index contributed by atoms with van der Waals surface area (Å²) < 4.78 is 5.30. The molecule has 1 aliphatic rings. The van der Waals surface area contributed by atoms with Crippen LogP contribution in [0.2, 0.25) is 0 Å². The number of ether oxygens (including phenoxy) is 1. The Bertz CT molecular complexity index is 151. The van der Waals surface area contributed by atoms with Crippen molar-refractivity contribution in [3.05, 3.63) is 6.42 Å². The number of hydrogen-bond donors (Lipinski definition) is 3. The van der Waals surface area contributed by atoms with Crippen LogP contribution in [0.5, 0.6) is 0 Å². The summed E-state index contributed by atoms with van der Waals surface area (Å²) in [6.45, 7) is 3.36. The summed E-state index contributed by atoms with van der Waals surface area (Å²) in [5, 5.41) is 28.0. The molecule has 0 aliphatic carbocycles. The first-order valence-electron chi connectivity index (χ1n) is 4.53. The summed E-state index contributed by atoms with van der Waals surface area (Å²) >= 11 is 0. The SMILES string of the molecule is CC1[CH-][C@@H](CO)OC(C)C(O)C1O.[Y]. The largest absolute Gasteiger partial charge is 0.402 e. The Morgan fingerprint density at radius 1 is 1.21 bits per heavy atom. The third kappa shape index (κ3) is 3.51. The molecule has 4 nitrogen and oxygen atoms in total. The summed E-state index contributed by atoms with van der Waals surface area (Å²) in [7, 11) is 0. The van der Waals surface area contributed by atoms with E-state index in [0.29, 0.717) is 0 Å². The summed E-state index contributed by atoms with van der Waals surface area (Å²) in [5.74, 6) is -0.169. The van der Waals surface area contributed by atoms with Crippen LogP contribution in [-0.2, 0) is 37.4 Å². The third-order valence-corrected chi connectivity index (χ3v) is 2.46. The van der Waals surface area contributed by atoms with Crippen molar-refractivity contribution in [3.63, 3.8) is 0 Å². The maximum atomic E-state index is 9.57. The van der Waals surface area contributed by atoms with Crippen LogP contribution >= 0.6 is 0 Å². The van der Waals surface area contributed by atoms with Crippen LogP contribution in [0.3, 0.4) is 0 Å². The average molecular weight is 278 g/mol. The first-order valence-corrected chi connectivity index (χ1v) is 4.53. The number of aliphatic hydroxyl groups excluding tert-OH is 3. The summed E-state index contributed by atoms with van der Waals surface area (Å²) in [6, 6.07) is 0. The molecule has 0 spiro atoms. The minimum atomic E-state index is -0.886. The monoisotopic (exact) mass is 278 g/mol. The van der Waals surface area contributed by atoms with Gasteiger partial charge in [-0.05, 0) is 13.0 Å². The van der Waals surface area contributed by atoms with Gasteiger partial charge in [0.05, 0.1) is 12.2 Å². The predicted octanol–water partition coefficient (Wildman–Crippen LogP) is -0.674. The molecular weight excluding hydrogens is 261 g/mol. The van der Waals surface area contributed by atoms with Gasteiger partial charge in [-0.2, -0.15) is 0 Å². The van der Waals surface area contributed by atoms with Crippen molar-refractivity contribution >= 4 is 0 Å². The van der Waals surface area contributed by atoms with Gasteiger partial charge in [0, 0.05) is 39.3 Å². The van der Waals surface area contributed by atoms with E-state index in [1.807, 2.05) is 0 Å². The molecule has 0 saturated carbocycles. The van der Waals surface area contributed by atoms with Crippen LogP contribution in [0.1, 0.15) is 13.8 Å². The molecule has 0 aromatic rings. The van der Waals surface area contributed by atoms with Gasteiger partial charge in [0.1, 0.15) is 6.10 Å². The minimum absolute atomic E-state index is 0. The Balaban J connectivity index is 0.00000169. The summed E-state index contributed by atoms with van der Waals surface area (Å²) in [5.41, 5.74) is 0. The number of rotatable bonds is 1. The predicted molar refractivity (Wildman–Crippen MR) is 46.9 cm³/mol. The second-order valence-corrected chi connectivity index (χ2v) is 3.59. The molecule has 3 N–H and O–H groups in total. The Kier molecular flexibility index (Phi) is 6.95. The van der Waals surface area contributed by atoms with Gasteiger partial charge in [0.2, 0.25) is 0 Å². The zero-order valence-electron chi connectivity index (χ0n) is 8.50. The van der Waals surface area contributed by atoms with Gasteiger partial charge in [-0.25, -0.2) is 0 Å². The Morgan fingerprint density at radius 3 is 2.29 bits per heavy atom. The van der Waals surface area contributed by atoms with E-state index in [2.05, 4.69) is 0 Å². The third-order valence-electron chi connectivity index (χ3n) is 2.46. The van der Waals surface area contributed by atoms with Crippen LogP contribution in [0.15, 0.2) is 0 Å². The molecule has 1 heterocycles. The molecule has 1 fully saturated rings. The van der Waals surface area contributed by atoms with Gasteiger partial charge in [-0.15, -0.1) is 5.92 Å². The van der Waals surface area contributed by atoms with Crippen molar-refractivity contribution < 1.29 is 52.8 Å². The second-order valence-electron chi connectivity index (χ2n) is 3.59. The molecule has 5 atom stereocenters. The first kappa shape index (κ1) is 14.9. The standard InChI is InChI=1S/C9H17O4.Y/c1-5-3-7(4-10)13-6(2)9(12)8(5)11;/h3,5-12H,4H2,1-2H3;/q-1;/t5?,6?,7-,8?,9?;/m0./s1. The van der Waals surface area contributed by atoms with Gasteiger partial charge >= 0.3 is 0 Å². The normalized spacial score (nSPS) is 43.9. The van der Waals surface area contributed by atoms with Gasteiger partial charge in [0.25, 0.3) is 0 Å². The van der Waals surface area contributed by atoms with Gasteiger partial charge in [-0.1, -0.05) is 6.92 Å². The fourth-order valence-corrected chi connectivity index (χ4v) is 1.55. The second kappa shape index (κ2) is 6.51. The maximum absolute atomic E-state index is 9.57. The van der Waals surface area contributed by atoms with Crippen LogP contribution in [0.4, 0.5) is 0 Å². The molecule has 81 valence electrons. The molecular formula is C9H17O4Y-. The molecule has 0 aromatic heterocycles. The van der Waals surface area contributed by atoms with Crippen LogP contribution in [0, 0.1) is 12.3 Å². The van der Waals surface area contributed by atoms with E-state index >= 15 is 0 Å². The van der Waals surface area contributed by atoms with Crippen molar-refractivity contribution in [3.8, 4) is 0 Å². The topological polar surface area (TPSA) is 69.9 Å². The van der Waals surface area contributed by atoms with Crippen LogP contribution in [0.25, 0.3) is 0 Å². The molecule has 1 rings (SSSR count). The maximum Gasteiger partial charge on any atom is 0.103 e. The van der Waals surface area contributed by atoms with Gasteiger partial charge < -0.3 is 20.1 Å². The fraction of sp³-hybridized carbons (Fsp3) is 0.889. The van der Waals surface area contributed by atoms with Gasteiger partial charge in [-0.3, -0.25) is 6.42 Å².